The smallest absolute Gasteiger partial charge is 0.322 e. The molecule has 5 heteroatoms. The maximum absolute atomic E-state index is 13.6. The van der Waals surface area contributed by atoms with Gasteiger partial charge >= 0.3 is 5.97 Å². The highest BCUT2D eigenvalue weighted by Gasteiger charge is 2.67. The van der Waals surface area contributed by atoms with E-state index in [1.807, 2.05) is 57.3 Å². The number of fused-ring (bicyclic) bond motifs is 4. The van der Waals surface area contributed by atoms with Crippen LogP contribution < -0.4 is 9.64 Å². The predicted molar refractivity (Wildman–Crippen MR) is 128 cm³/mol. The number of hydrogen-bond donors (Lipinski definition) is 0. The Balaban J connectivity index is 1.76. The van der Waals surface area contributed by atoms with Crippen molar-refractivity contribution in [2.75, 3.05) is 18.1 Å². The summed E-state index contributed by atoms with van der Waals surface area (Å²) in [6.45, 7) is 8.96. The van der Waals surface area contributed by atoms with Gasteiger partial charge in [-0.2, -0.15) is 0 Å². The summed E-state index contributed by atoms with van der Waals surface area (Å²) in [5.41, 5.74) is 1.60. The van der Waals surface area contributed by atoms with Crippen LogP contribution in [0.15, 0.2) is 59.6 Å². The average molecular weight is 429 g/mol. The van der Waals surface area contributed by atoms with Gasteiger partial charge in [0.05, 0.1) is 12.8 Å². The highest BCUT2D eigenvalue weighted by atomic mass is 16.6. The number of aryl methyl sites for hydroxylation is 1. The minimum atomic E-state index is -1.11. The van der Waals surface area contributed by atoms with Gasteiger partial charge in [-0.05, 0) is 50.3 Å². The number of esters is 1. The van der Waals surface area contributed by atoms with Crippen molar-refractivity contribution in [3.63, 3.8) is 0 Å². The van der Waals surface area contributed by atoms with Gasteiger partial charge in [-0.3, -0.25) is 9.79 Å². The molecule has 0 N–H and O–H groups in total. The van der Waals surface area contributed by atoms with Crippen molar-refractivity contribution in [1.29, 1.82) is 0 Å². The molecule has 2 atom stereocenters. The second-order valence-corrected chi connectivity index (χ2v) is 8.71. The molecule has 2 aliphatic heterocycles. The summed E-state index contributed by atoms with van der Waals surface area (Å²) in [7, 11) is 0. The summed E-state index contributed by atoms with van der Waals surface area (Å²) in [5.74, 6) is 0.369. The lowest BCUT2D eigenvalue weighted by molar-refractivity contribution is -0.155. The Labute approximate surface area is 188 Å². The van der Waals surface area contributed by atoms with Gasteiger partial charge < -0.3 is 14.4 Å². The third-order valence-corrected chi connectivity index (χ3v) is 6.73. The van der Waals surface area contributed by atoms with E-state index in [-0.39, 0.29) is 5.97 Å². The molecule has 0 radical (unpaired) electrons. The van der Waals surface area contributed by atoms with Gasteiger partial charge in [-0.1, -0.05) is 55.0 Å². The van der Waals surface area contributed by atoms with Crippen molar-refractivity contribution in [2.45, 2.75) is 45.3 Å². The number of anilines is 1. The number of benzene rings is 3. The lowest BCUT2D eigenvalue weighted by Crippen LogP contribution is -2.66. The third kappa shape index (κ3) is 2.63. The van der Waals surface area contributed by atoms with Gasteiger partial charge in [0.15, 0.2) is 5.41 Å². The van der Waals surface area contributed by atoms with E-state index >= 15 is 0 Å². The molecule has 32 heavy (non-hydrogen) atoms. The predicted octanol–water partition coefficient (Wildman–Crippen LogP) is 5.69. The molecule has 5 nitrogen and oxygen atoms in total. The summed E-state index contributed by atoms with van der Waals surface area (Å²) < 4.78 is 12.5. The Morgan fingerprint density at radius 1 is 1.12 bits per heavy atom. The summed E-state index contributed by atoms with van der Waals surface area (Å²) in [4.78, 5) is 20.7. The molecule has 0 saturated heterocycles. The fourth-order valence-corrected chi connectivity index (χ4v) is 5.12. The average Bonchev–Trinajstić information content (AvgIpc) is 2.99. The van der Waals surface area contributed by atoms with Gasteiger partial charge in [0.25, 0.3) is 0 Å². The van der Waals surface area contributed by atoms with Crippen LogP contribution in [0.2, 0.25) is 0 Å². The zero-order valence-corrected chi connectivity index (χ0v) is 19.0. The number of nitrogens with zero attached hydrogens (tertiary/aromatic N) is 2. The van der Waals surface area contributed by atoms with Crippen LogP contribution in [-0.2, 0) is 14.9 Å². The Kier molecular flexibility index (Phi) is 4.73. The molecule has 0 amide bonds. The fraction of sp³-hybridized carbons (Fsp3) is 0.333. The highest BCUT2D eigenvalue weighted by Crippen LogP contribution is 2.55. The van der Waals surface area contributed by atoms with Crippen molar-refractivity contribution < 1.29 is 14.3 Å². The first-order chi connectivity index (χ1) is 15.5. The molecule has 2 heterocycles. The van der Waals surface area contributed by atoms with Crippen molar-refractivity contribution in [1.82, 2.24) is 0 Å². The zero-order valence-electron chi connectivity index (χ0n) is 19.0. The molecular formula is C27H28N2O3. The Morgan fingerprint density at radius 2 is 1.94 bits per heavy atom. The molecule has 3 aromatic rings. The van der Waals surface area contributed by atoms with E-state index in [0.717, 1.165) is 46.2 Å². The van der Waals surface area contributed by atoms with Crippen LogP contribution in [0, 0.1) is 6.92 Å². The Hall–Kier alpha value is -3.34. The quantitative estimate of drug-likeness (QED) is 0.501. The van der Waals surface area contributed by atoms with Crippen LogP contribution in [0.3, 0.4) is 0 Å². The standard InChI is InChI=1S/C27H28N2O3/c1-5-15-29-22-13-11-18(3)16-21(22)26(4,25(30)31-6-2)27(29)17-28-24-20-10-8-7-9-19(20)12-14-23(24)32-27/h7-14,16-17H,5-6,15H2,1-4H3. The van der Waals surface area contributed by atoms with Gasteiger partial charge in [-0.15, -0.1) is 0 Å². The fourth-order valence-electron chi connectivity index (χ4n) is 5.12. The van der Waals surface area contributed by atoms with Crippen LogP contribution >= 0.6 is 0 Å². The van der Waals surface area contributed by atoms with Gasteiger partial charge in [0, 0.05) is 17.6 Å². The van der Waals surface area contributed by atoms with Crippen LogP contribution in [0.4, 0.5) is 11.4 Å². The second-order valence-electron chi connectivity index (χ2n) is 8.71. The molecule has 3 aromatic carbocycles. The minimum absolute atomic E-state index is 0.303. The summed E-state index contributed by atoms with van der Waals surface area (Å²) >= 11 is 0. The molecule has 2 aliphatic rings. The van der Waals surface area contributed by atoms with Crippen molar-refractivity contribution in [2.24, 2.45) is 4.99 Å². The normalized spacial score (nSPS) is 23.2. The molecule has 5 rings (SSSR count). The maximum Gasteiger partial charge on any atom is 0.322 e. The molecular weight excluding hydrogens is 400 g/mol. The Bertz CT molecular complexity index is 1250. The minimum Gasteiger partial charge on any atom is -0.465 e. The first-order valence-electron chi connectivity index (χ1n) is 11.3. The van der Waals surface area contributed by atoms with E-state index in [1.165, 1.54) is 0 Å². The first kappa shape index (κ1) is 20.6. The third-order valence-electron chi connectivity index (χ3n) is 6.73. The van der Waals surface area contributed by atoms with E-state index in [2.05, 4.69) is 36.1 Å². The molecule has 0 bridgehead atoms. The van der Waals surface area contributed by atoms with Gasteiger partial charge in [0.2, 0.25) is 5.72 Å². The van der Waals surface area contributed by atoms with Gasteiger partial charge in [-0.25, -0.2) is 0 Å². The van der Waals surface area contributed by atoms with E-state index in [9.17, 15) is 4.79 Å². The molecule has 1 spiro atoms. The van der Waals surface area contributed by atoms with Crippen LogP contribution in [0.1, 0.15) is 38.3 Å². The van der Waals surface area contributed by atoms with Crippen molar-refractivity contribution >= 4 is 34.3 Å². The van der Waals surface area contributed by atoms with Crippen LogP contribution in [0.25, 0.3) is 10.8 Å². The van der Waals surface area contributed by atoms with E-state index in [1.54, 1.807) is 0 Å². The lowest BCUT2D eigenvalue weighted by Gasteiger charge is -2.46. The zero-order chi connectivity index (χ0) is 22.5. The summed E-state index contributed by atoms with van der Waals surface area (Å²) in [6.07, 6.45) is 2.72. The van der Waals surface area contributed by atoms with E-state index in [4.69, 9.17) is 14.5 Å². The van der Waals surface area contributed by atoms with Crippen molar-refractivity contribution in [3.05, 3.63) is 65.7 Å². The maximum atomic E-state index is 13.6. The molecule has 164 valence electrons. The number of aliphatic imine (C=N–C) groups is 1. The SMILES string of the molecule is CCCN1c2ccc(C)cc2C(C)(C(=O)OCC)C12C=Nc1c(ccc3ccccc13)O2. The number of ether oxygens (including phenoxy) is 2. The topological polar surface area (TPSA) is 51.1 Å². The van der Waals surface area contributed by atoms with Gasteiger partial charge in [0.1, 0.15) is 11.4 Å². The van der Waals surface area contributed by atoms with Crippen LogP contribution in [0.5, 0.6) is 5.75 Å². The van der Waals surface area contributed by atoms with Crippen molar-refractivity contribution in [3.8, 4) is 5.75 Å². The number of rotatable bonds is 4. The molecule has 0 fully saturated rings. The first-order valence-corrected chi connectivity index (χ1v) is 11.3. The van der Waals surface area contributed by atoms with Crippen LogP contribution in [-0.4, -0.2) is 31.1 Å². The Morgan fingerprint density at radius 3 is 2.72 bits per heavy atom. The number of carbonyl (C=O) groups is 1. The molecule has 0 saturated carbocycles. The largest absolute Gasteiger partial charge is 0.465 e. The summed E-state index contributed by atoms with van der Waals surface area (Å²) in [5, 5.41) is 2.13. The lowest BCUT2D eigenvalue weighted by atomic mass is 9.75. The summed E-state index contributed by atoms with van der Waals surface area (Å²) in [6, 6.07) is 18.4. The molecule has 2 unspecified atom stereocenters. The number of carbonyl (C=O) groups excluding carboxylic acids is 1. The molecule has 0 aliphatic carbocycles. The second kappa shape index (κ2) is 7.37. The molecule has 0 aromatic heterocycles. The number of hydrogen-bond acceptors (Lipinski definition) is 5. The monoisotopic (exact) mass is 428 g/mol. The highest BCUT2D eigenvalue weighted by molar-refractivity contribution is 6.04. The van der Waals surface area contributed by atoms with E-state index < -0.39 is 11.1 Å². The van der Waals surface area contributed by atoms with E-state index in [0.29, 0.717) is 12.4 Å².